The highest BCUT2D eigenvalue weighted by molar-refractivity contribution is 5.82. The maximum atomic E-state index is 13.4. The predicted molar refractivity (Wildman–Crippen MR) is 376 cm³/mol. The second kappa shape index (κ2) is 61.0. The molecule has 37 heteroatoms. The largest absolute Gasteiger partial charge is 0.480 e. The normalized spacial score (nSPS) is 11.9. The number of hydrogen-bond acceptors (Lipinski definition) is 28. The molecule has 0 spiro atoms. The van der Waals surface area contributed by atoms with E-state index in [1.165, 1.54) is 0 Å². The van der Waals surface area contributed by atoms with Crippen molar-refractivity contribution in [3.05, 3.63) is 0 Å². The zero-order valence-electron chi connectivity index (χ0n) is 63.5. The van der Waals surface area contributed by atoms with E-state index in [4.69, 9.17) is 75.8 Å². The topological polar surface area (TPSA) is 427 Å². The van der Waals surface area contributed by atoms with Crippen LogP contribution in [-0.2, 0) is 99.8 Å². The van der Waals surface area contributed by atoms with Crippen molar-refractivity contribution >= 4 is 54.0 Å². The van der Waals surface area contributed by atoms with Crippen molar-refractivity contribution in [2.24, 2.45) is 0 Å². The minimum Gasteiger partial charge on any atom is -0.480 e. The summed E-state index contributed by atoms with van der Waals surface area (Å²) < 4.78 is 87.2. The molecule has 0 aliphatic heterocycles. The third kappa shape index (κ3) is 72.6. The van der Waals surface area contributed by atoms with Crippen molar-refractivity contribution in [3.8, 4) is 0 Å². The molecule has 0 aromatic rings. The third-order valence-corrected chi connectivity index (χ3v) is 12.2. The van der Waals surface area contributed by atoms with Gasteiger partial charge in [-0.05, 0) is 83.1 Å². The molecule has 0 unspecified atom stereocenters. The lowest BCUT2D eigenvalue weighted by Gasteiger charge is -2.28. The quantitative estimate of drug-likeness (QED) is 0.0280. The lowest BCUT2D eigenvalue weighted by Crippen LogP contribution is -2.49. The second-order valence-electron chi connectivity index (χ2n) is 26.6. The smallest absolute Gasteiger partial charge is 0.407 e. The van der Waals surface area contributed by atoms with Gasteiger partial charge in [0.25, 0.3) is 0 Å². The van der Waals surface area contributed by atoms with Crippen LogP contribution in [0.4, 0.5) is 19.2 Å². The van der Waals surface area contributed by atoms with Gasteiger partial charge < -0.3 is 123 Å². The number of carbonyl (C=O) groups is 9. The Morgan fingerprint density at radius 1 is 0.233 bits per heavy atom. The molecule has 9 N–H and O–H groups in total. The Kier molecular flexibility index (Phi) is 57.4. The van der Waals surface area contributed by atoms with Gasteiger partial charge in [-0.25, -0.2) is 19.2 Å². The van der Waals surface area contributed by atoms with Crippen LogP contribution in [0.25, 0.3) is 0 Å². The highest BCUT2D eigenvalue weighted by Gasteiger charge is 2.23. The molecule has 103 heavy (non-hydrogen) atoms. The molecule has 0 saturated heterocycles. The first-order valence-corrected chi connectivity index (χ1v) is 35.1. The van der Waals surface area contributed by atoms with Crippen LogP contribution in [0.15, 0.2) is 0 Å². The number of carbonyl (C=O) groups excluding carboxylic acids is 8. The summed E-state index contributed by atoms with van der Waals surface area (Å²) in [6, 6.07) is 0. The van der Waals surface area contributed by atoms with Crippen molar-refractivity contribution in [1.82, 2.24) is 57.2 Å². The Hall–Kier alpha value is -6.17. The average molecular weight is 1490 g/mol. The van der Waals surface area contributed by atoms with Crippen LogP contribution in [0.1, 0.15) is 83.1 Å². The first-order chi connectivity index (χ1) is 48.8. The van der Waals surface area contributed by atoms with Crippen LogP contribution in [-0.4, -0.2) is 366 Å². The zero-order valence-corrected chi connectivity index (χ0v) is 63.5. The number of carboxylic acids is 1. The first-order valence-electron chi connectivity index (χ1n) is 35.1. The number of nitrogens with one attached hydrogen (secondary N) is 8. The fraction of sp³-hybridized carbons (Fsp3) is 0.864. The molecule has 0 aliphatic carbocycles. The van der Waals surface area contributed by atoms with Gasteiger partial charge in [0.05, 0.1) is 191 Å². The summed E-state index contributed by atoms with van der Waals surface area (Å²) in [6.07, 6.45) is -2.13. The number of hydrogen-bond donors (Lipinski definition) is 9. The summed E-state index contributed by atoms with van der Waals surface area (Å²) in [5.74, 6) is -2.90. The monoisotopic (exact) mass is 1490 g/mol. The van der Waals surface area contributed by atoms with E-state index < -0.39 is 82.9 Å². The maximum Gasteiger partial charge on any atom is 0.407 e. The Labute approximate surface area is 608 Å². The number of amides is 8. The van der Waals surface area contributed by atoms with Crippen LogP contribution >= 0.6 is 0 Å². The molecule has 0 aliphatic rings. The van der Waals surface area contributed by atoms with Crippen LogP contribution in [0.5, 0.6) is 0 Å². The standard InChI is InChI=1S/C66H127N11O26/c1-63(2,3)100-59(84)71-17-29-92-37-45-96-41-33-88-25-13-67-54(78)49-76(50-55(79)68-14-26-89-34-42-97-46-38-93-30-18-72-60(85)101-64(4,5)6)23-21-75(53-58(82)83)22-24-77(51-56(80)69-15-27-90-35-43-98-47-39-94-31-19-73-61(86)102-65(7,8)9)52-57(81)70-16-28-91-36-44-99-48-40-95-32-20-74-62(87)103-66(10,11)12/h13-53H2,1-12H3,(H,67,78)(H,68,79)(H,69,80)(H,70,81)(H,71,84)(H,72,85)(H,73,86)(H,74,87)(H,82,83). The van der Waals surface area contributed by atoms with E-state index in [9.17, 15) is 48.3 Å². The Morgan fingerprint density at radius 3 is 0.553 bits per heavy atom. The van der Waals surface area contributed by atoms with Gasteiger partial charge in [0.1, 0.15) is 22.4 Å². The molecule has 0 atom stereocenters. The lowest BCUT2D eigenvalue weighted by molar-refractivity contribution is -0.139. The zero-order chi connectivity index (χ0) is 76.9. The van der Waals surface area contributed by atoms with Gasteiger partial charge in [0, 0.05) is 78.5 Å². The van der Waals surface area contributed by atoms with Gasteiger partial charge in [-0.3, -0.25) is 38.7 Å². The number of nitrogens with zero attached hydrogens (tertiary/aromatic N) is 3. The molecule has 0 heterocycles. The van der Waals surface area contributed by atoms with Crippen LogP contribution in [0.2, 0.25) is 0 Å². The van der Waals surface area contributed by atoms with E-state index in [2.05, 4.69) is 42.5 Å². The number of carboxylic acid groups (broad SMARTS) is 1. The van der Waals surface area contributed by atoms with Gasteiger partial charge in [0.15, 0.2) is 0 Å². The average Bonchev–Trinajstić information content (AvgIpc) is 0.944. The molecule has 0 radical (unpaired) electrons. The number of aliphatic carboxylic acids is 1. The summed E-state index contributed by atoms with van der Waals surface area (Å²) in [5.41, 5.74) is -2.42. The minimum absolute atomic E-state index is 0.0481. The van der Waals surface area contributed by atoms with Gasteiger partial charge in [-0.1, -0.05) is 0 Å². The summed E-state index contributed by atoms with van der Waals surface area (Å²) in [7, 11) is 0. The second-order valence-corrected chi connectivity index (χ2v) is 26.6. The molecular formula is C66H127N11O26. The number of ether oxygens (including phenoxy) is 16. The summed E-state index contributed by atoms with van der Waals surface area (Å²) >= 11 is 0. The van der Waals surface area contributed by atoms with E-state index in [1.54, 1.807) is 97.8 Å². The van der Waals surface area contributed by atoms with Crippen LogP contribution in [0.3, 0.4) is 0 Å². The molecule has 0 bridgehead atoms. The summed E-state index contributed by atoms with van der Waals surface area (Å²) in [5, 5.41) is 31.6. The predicted octanol–water partition coefficient (Wildman–Crippen LogP) is -0.260. The van der Waals surface area contributed by atoms with E-state index in [1.807, 2.05) is 0 Å². The molecule has 37 nitrogen and oxygen atoms in total. The van der Waals surface area contributed by atoms with Crippen molar-refractivity contribution in [2.45, 2.75) is 105 Å². The molecule has 0 aromatic heterocycles. The molecule has 0 saturated carbocycles. The fourth-order valence-corrected chi connectivity index (χ4v) is 7.87. The van der Waals surface area contributed by atoms with Gasteiger partial charge in [-0.2, -0.15) is 0 Å². The third-order valence-electron chi connectivity index (χ3n) is 12.2. The molecule has 602 valence electrons. The van der Waals surface area contributed by atoms with Crippen molar-refractivity contribution in [2.75, 3.05) is 270 Å². The van der Waals surface area contributed by atoms with Gasteiger partial charge >= 0.3 is 30.3 Å². The van der Waals surface area contributed by atoms with Crippen LogP contribution < -0.4 is 42.5 Å². The fourth-order valence-electron chi connectivity index (χ4n) is 7.87. The lowest BCUT2D eigenvalue weighted by atomic mass is 10.2. The van der Waals surface area contributed by atoms with E-state index in [0.717, 1.165) is 0 Å². The number of alkyl carbamates (subject to hydrolysis) is 4. The first kappa shape index (κ1) is 96.8. The minimum atomic E-state index is -1.16. The van der Waals surface area contributed by atoms with E-state index >= 15 is 0 Å². The maximum absolute atomic E-state index is 13.4. The van der Waals surface area contributed by atoms with Crippen molar-refractivity contribution in [3.63, 3.8) is 0 Å². The van der Waals surface area contributed by atoms with Gasteiger partial charge in [-0.15, -0.1) is 0 Å². The SMILES string of the molecule is CC(C)(C)OC(=O)NCCOCCOCCOCCNC(=O)CN(CCN(CCN(CC(=O)NCCOCCOCCOCCNC(=O)OC(C)(C)C)CC(=O)NCCOCCOCCOCCNC(=O)OC(C)(C)C)CC(=O)O)CC(=O)NCCOCCOCCOCCNC(=O)OC(C)(C)C. The molecule has 0 rings (SSSR count). The molecule has 8 amide bonds. The van der Waals surface area contributed by atoms with Crippen molar-refractivity contribution < 1.29 is 124 Å². The highest BCUT2D eigenvalue weighted by atomic mass is 16.6. The van der Waals surface area contributed by atoms with E-state index in [-0.39, 0.29) is 237 Å². The van der Waals surface area contributed by atoms with Gasteiger partial charge in [0.2, 0.25) is 23.6 Å². The Morgan fingerprint density at radius 2 is 0.388 bits per heavy atom. The molecular weight excluding hydrogens is 1360 g/mol. The van der Waals surface area contributed by atoms with Crippen LogP contribution in [0, 0.1) is 0 Å². The summed E-state index contributed by atoms with van der Waals surface area (Å²) in [4.78, 5) is 118. The highest BCUT2D eigenvalue weighted by Crippen LogP contribution is 2.09. The van der Waals surface area contributed by atoms with Crippen molar-refractivity contribution in [1.29, 1.82) is 0 Å². The van der Waals surface area contributed by atoms with E-state index in [0.29, 0.717) is 26.4 Å². The molecule has 0 fully saturated rings. The summed E-state index contributed by atoms with van der Waals surface area (Å²) in [6.45, 7) is 27.6. The Bertz CT molecular complexity index is 1980. The number of rotatable bonds is 64. The Balaban J connectivity index is 5.62. The molecule has 0 aromatic carbocycles.